The first-order valence-electron chi connectivity index (χ1n) is 8.75. The Hall–Kier alpha value is -2.07. The van der Waals surface area contributed by atoms with Crippen LogP contribution in [0.1, 0.15) is 32.6 Å². The Morgan fingerprint density at radius 2 is 1.25 bits per heavy atom. The molecule has 0 radical (unpaired) electrons. The molecular formula is C23H22ClO3Ti. The van der Waals surface area contributed by atoms with Crippen LogP contribution in [0, 0.1) is 27.7 Å². The molecule has 0 aliphatic heterocycles. The Kier molecular flexibility index (Phi) is 7.48. The fraction of sp³-hybridized carbons (Fsp3) is 0.174. The van der Waals surface area contributed by atoms with Gasteiger partial charge >= 0.3 is 172 Å². The van der Waals surface area contributed by atoms with Gasteiger partial charge in [-0.25, -0.2) is 0 Å². The van der Waals surface area contributed by atoms with Crippen LogP contribution >= 0.6 is 12.4 Å². The normalized spacial score (nSPS) is 10.1. The number of hydrogen-bond donors (Lipinski definition) is 0. The van der Waals surface area contributed by atoms with E-state index >= 15 is 0 Å². The molecule has 0 heterocycles. The molecule has 0 fully saturated rings. The molecule has 143 valence electrons. The number of carbonyl (C=O) groups excluding carboxylic acids is 1. The Bertz CT molecular complexity index is 1000. The first kappa shape index (κ1) is 22.2. The van der Waals surface area contributed by atoms with Crippen LogP contribution in [0.2, 0.25) is 0 Å². The van der Waals surface area contributed by atoms with E-state index < -0.39 is 0 Å². The maximum absolute atomic E-state index is 12.6. The second-order valence-electron chi connectivity index (χ2n) is 6.62. The SMILES string of the molecule is Cc1ccc([O][Ti])c(-c2c(OC(=O)c3ccccc3)ccc(C)c2C)c1C.Cl. The van der Waals surface area contributed by atoms with Crippen molar-refractivity contribution in [3.8, 4) is 22.6 Å². The molecule has 0 aliphatic carbocycles. The van der Waals surface area contributed by atoms with Gasteiger partial charge in [0.15, 0.2) is 0 Å². The van der Waals surface area contributed by atoms with Crippen molar-refractivity contribution < 1.29 is 33.7 Å². The van der Waals surface area contributed by atoms with Crippen molar-refractivity contribution in [1.29, 1.82) is 0 Å². The summed E-state index contributed by atoms with van der Waals surface area (Å²) >= 11 is 1.66. The summed E-state index contributed by atoms with van der Waals surface area (Å²) in [6.07, 6.45) is 0. The molecule has 0 aliphatic rings. The van der Waals surface area contributed by atoms with E-state index in [1.54, 1.807) is 33.0 Å². The quantitative estimate of drug-likeness (QED) is 0.287. The summed E-state index contributed by atoms with van der Waals surface area (Å²) in [5, 5.41) is 0. The fourth-order valence-corrected chi connectivity index (χ4v) is 3.37. The number of benzene rings is 3. The Balaban J connectivity index is 0.00000280. The van der Waals surface area contributed by atoms with Crippen LogP contribution in [0.4, 0.5) is 0 Å². The van der Waals surface area contributed by atoms with Crippen molar-refractivity contribution in [1.82, 2.24) is 0 Å². The van der Waals surface area contributed by atoms with Gasteiger partial charge < -0.3 is 0 Å². The summed E-state index contributed by atoms with van der Waals surface area (Å²) < 4.78 is 11.5. The third-order valence-electron chi connectivity index (χ3n) is 4.97. The predicted octanol–water partition coefficient (Wildman–Crippen LogP) is 6.07. The molecule has 3 aromatic carbocycles. The number of aryl methyl sites for hydroxylation is 2. The van der Waals surface area contributed by atoms with Crippen LogP contribution in [0.15, 0.2) is 54.6 Å². The number of rotatable bonds is 4. The second kappa shape index (κ2) is 9.42. The van der Waals surface area contributed by atoms with Gasteiger partial charge in [0, 0.05) is 0 Å². The van der Waals surface area contributed by atoms with Gasteiger partial charge in [0.2, 0.25) is 0 Å². The summed E-state index contributed by atoms with van der Waals surface area (Å²) in [5.41, 5.74) is 6.86. The molecule has 5 heteroatoms. The standard InChI is InChI=1S/C23H22O3.ClH.Ti/c1-14-10-12-19(24)21(16(14)3)22-17(4)15(2)11-13-20(22)26-23(25)18-8-6-5-7-9-18;;/h5-13,24H,1-4H3;1H;/q;;+1/p-1. The molecule has 0 spiro atoms. The van der Waals surface area contributed by atoms with E-state index in [0.29, 0.717) is 11.3 Å². The topological polar surface area (TPSA) is 35.5 Å². The van der Waals surface area contributed by atoms with Crippen LogP contribution in [-0.4, -0.2) is 5.97 Å². The summed E-state index contributed by atoms with van der Waals surface area (Å²) in [5.74, 6) is 0.937. The number of esters is 1. The van der Waals surface area contributed by atoms with E-state index in [1.165, 1.54) is 0 Å². The molecule has 0 saturated heterocycles. The summed E-state index contributed by atoms with van der Waals surface area (Å²) in [6, 6.07) is 16.9. The molecule has 0 saturated carbocycles. The largest absolute Gasteiger partial charge is 0.147 e. The number of carbonyl (C=O) groups is 1. The first-order chi connectivity index (χ1) is 12.9. The van der Waals surface area contributed by atoms with Crippen LogP contribution in [0.5, 0.6) is 11.5 Å². The van der Waals surface area contributed by atoms with E-state index in [9.17, 15) is 4.79 Å². The maximum atomic E-state index is 12.6. The molecule has 28 heavy (non-hydrogen) atoms. The minimum Gasteiger partial charge on any atom is -0.147 e. The van der Waals surface area contributed by atoms with Crippen molar-refractivity contribution in [2.45, 2.75) is 27.7 Å². The number of halogens is 1. The van der Waals surface area contributed by atoms with Crippen molar-refractivity contribution in [2.75, 3.05) is 0 Å². The fourth-order valence-electron chi connectivity index (χ4n) is 3.11. The van der Waals surface area contributed by atoms with Gasteiger partial charge in [0.25, 0.3) is 0 Å². The van der Waals surface area contributed by atoms with Gasteiger partial charge in [-0.3, -0.25) is 0 Å². The zero-order chi connectivity index (χ0) is 19.6. The zero-order valence-corrected chi connectivity index (χ0v) is 18.7. The minimum absolute atomic E-state index is 0. The van der Waals surface area contributed by atoms with E-state index in [0.717, 1.165) is 39.1 Å². The third-order valence-corrected chi connectivity index (χ3v) is 5.31. The number of hydrogen-bond acceptors (Lipinski definition) is 3. The molecule has 0 N–H and O–H groups in total. The van der Waals surface area contributed by atoms with Gasteiger partial charge in [0.05, 0.1) is 0 Å². The maximum Gasteiger partial charge on any atom is -0.147 e. The van der Waals surface area contributed by atoms with Gasteiger partial charge in [-0.15, -0.1) is 12.4 Å². The van der Waals surface area contributed by atoms with E-state index in [-0.39, 0.29) is 18.4 Å². The average Bonchev–Trinajstić information content (AvgIpc) is 2.68. The van der Waals surface area contributed by atoms with Gasteiger partial charge in [0.1, 0.15) is 0 Å². The second-order valence-corrected chi connectivity index (χ2v) is 6.94. The van der Waals surface area contributed by atoms with E-state index in [2.05, 4.69) is 20.8 Å². The molecule has 0 amide bonds. The molecular weight excluding hydrogens is 408 g/mol. The van der Waals surface area contributed by atoms with Crippen LogP contribution < -0.4 is 8.06 Å². The summed E-state index contributed by atoms with van der Waals surface area (Å²) in [6.45, 7) is 8.24. The molecule has 0 aromatic heterocycles. The molecule has 0 atom stereocenters. The van der Waals surface area contributed by atoms with Gasteiger partial charge in [-0.2, -0.15) is 0 Å². The Morgan fingerprint density at radius 1 is 0.750 bits per heavy atom. The third kappa shape index (κ3) is 4.33. The number of ether oxygens (including phenoxy) is 1. The van der Waals surface area contributed by atoms with Gasteiger partial charge in [-0.05, 0) is 0 Å². The van der Waals surface area contributed by atoms with Crippen molar-refractivity contribution >= 4 is 18.4 Å². The molecule has 0 unspecified atom stereocenters. The summed E-state index contributed by atoms with van der Waals surface area (Å²) in [7, 11) is 0. The molecule has 3 aromatic rings. The monoisotopic (exact) mass is 429 g/mol. The minimum atomic E-state index is -0.371. The Morgan fingerprint density at radius 3 is 1.79 bits per heavy atom. The zero-order valence-electron chi connectivity index (χ0n) is 16.3. The smallest absolute Gasteiger partial charge is 0.147 e. The average molecular weight is 430 g/mol. The van der Waals surface area contributed by atoms with Crippen LogP contribution in [0.25, 0.3) is 11.1 Å². The molecule has 3 rings (SSSR count). The van der Waals surface area contributed by atoms with Crippen molar-refractivity contribution in [2.24, 2.45) is 0 Å². The molecule has 3 nitrogen and oxygen atoms in total. The molecule has 0 bridgehead atoms. The Labute approximate surface area is 184 Å². The predicted molar refractivity (Wildman–Crippen MR) is 110 cm³/mol. The van der Waals surface area contributed by atoms with Crippen molar-refractivity contribution in [3.63, 3.8) is 0 Å². The van der Waals surface area contributed by atoms with Gasteiger partial charge in [-0.1, -0.05) is 0 Å². The van der Waals surface area contributed by atoms with Crippen LogP contribution in [-0.2, 0) is 20.8 Å². The van der Waals surface area contributed by atoms with E-state index in [4.69, 9.17) is 8.06 Å². The van der Waals surface area contributed by atoms with E-state index in [1.807, 2.05) is 49.4 Å². The van der Waals surface area contributed by atoms with Crippen molar-refractivity contribution in [3.05, 3.63) is 82.4 Å². The van der Waals surface area contributed by atoms with Crippen LogP contribution in [0.3, 0.4) is 0 Å². The first-order valence-corrected chi connectivity index (χ1v) is 9.39. The summed E-state index contributed by atoms with van der Waals surface area (Å²) in [4.78, 5) is 12.6.